The van der Waals surface area contributed by atoms with E-state index in [4.69, 9.17) is 0 Å². The molecule has 0 radical (unpaired) electrons. The molecule has 1 aromatic heterocycles. The fourth-order valence-corrected chi connectivity index (χ4v) is 4.38. The van der Waals surface area contributed by atoms with Gasteiger partial charge in [0.15, 0.2) is 15.7 Å². The monoisotopic (exact) mass is 429 g/mol. The van der Waals surface area contributed by atoms with E-state index in [1.54, 1.807) is 67.0 Å². The van der Waals surface area contributed by atoms with E-state index in [0.717, 1.165) is 5.56 Å². The fraction of sp³-hybridized carbons (Fsp3) is 0.0417. The highest BCUT2D eigenvalue weighted by Crippen LogP contribution is 2.18. The molecule has 0 atom stereocenters. The van der Waals surface area contributed by atoms with Crippen LogP contribution in [-0.2, 0) is 15.6 Å². The Morgan fingerprint density at radius 3 is 1.97 bits per heavy atom. The van der Waals surface area contributed by atoms with Crippen LogP contribution < -0.4 is 5.32 Å². The molecule has 0 saturated carbocycles. The number of rotatable bonds is 6. The summed E-state index contributed by atoms with van der Waals surface area (Å²) in [5.41, 5.74) is 2.38. The van der Waals surface area contributed by atoms with E-state index in [9.17, 15) is 13.2 Å². The van der Waals surface area contributed by atoms with E-state index < -0.39 is 9.84 Å². The first-order valence-corrected chi connectivity index (χ1v) is 11.2. The van der Waals surface area contributed by atoms with Gasteiger partial charge < -0.3 is 5.32 Å². The number of amides is 1. The Balaban J connectivity index is 1.42. The Hall–Kier alpha value is -3.84. The Morgan fingerprint density at radius 2 is 1.35 bits per heavy atom. The van der Waals surface area contributed by atoms with Crippen LogP contribution in [0.15, 0.2) is 102 Å². The summed E-state index contributed by atoms with van der Waals surface area (Å²) < 4.78 is 25.0. The van der Waals surface area contributed by atoms with Gasteiger partial charge in [0.2, 0.25) is 0 Å². The molecule has 4 aromatic rings. The highest BCUT2D eigenvalue weighted by molar-refractivity contribution is 7.90. The topological polar surface area (TPSA) is 89.0 Å². The lowest BCUT2D eigenvalue weighted by atomic mass is 10.1. The third kappa shape index (κ3) is 5.02. The molecule has 154 valence electrons. The minimum atomic E-state index is -3.44. The molecule has 4 rings (SSSR count). The van der Waals surface area contributed by atoms with Crippen LogP contribution in [0.3, 0.4) is 0 Å². The first kappa shape index (κ1) is 20.4. The SMILES string of the molecule is O=C(Nc1cnc(-c2ccccc2)nc1)c1ccc(CS(=O)(=O)c2ccccc2)cc1. The molecular formula is C24H19N3O3S. The molecule has 0 aliphatic carbocycles. The highest BCUT2D eigenvalue weighted by Gasteiger charge is 2.15. The molecule has 7 heteroatoms. The largest absolute Gasteiger partial charge is 0.319 e. The van der Waals surface area contributed by atoms with Crippen LogP contribution in [0.2, 0.25) is 0 Å². The lowest BCUT2D eigenvalue weighted by molar-refractivity contribution is 0.102. The number of aromatic nitrogens is 2. The van der Waals surface area contributed by atoms with Crippen molar-refractivity contribution in [1.82, 2.24) is 9.97 Å². The molecule has 31 heavy (non-hydrogen) atoms. The normalized spacial score (nSPS) is 11.1. The van der Waals surface area contributed by atoms with Gasteiger partial charge in [-0.05, 0) is 29.8 Å². The summed E-state index contributed by atoms with van der Waals surface area (Å²) in [5.74, 6) is 0.115. The summed E-state index contributed by atoms with van der Waals surface area (Å²) in [6.07, 6.45) is 3.10. The predicted octanol–water partition coefficient (Wildman–Crippen LogP) is 4.37. The summed E-state index contributed by atoms with van der Waals surface area (Å²) in [5, 5.41) is 2.75. The lowest BCUT2D eigenvalue weighted by Gasteiger charge is -2.08. The van der Waals surface area contributed by atoms with Crippen LogP contribution >= 0.6 is 0 Å². The molecule has 1 amide bonds. The van der Waals surface area contributed by atoms with E-state index in [1.807, 2.05) is 30.3 Å². The van der Waals surface area contributed by atoms with Crippen molar-refractivity contribution in [3.05, 3.63) is 108 Å². The molecule has 0 fully saturated rings. The maximum atomic E-state index is 12.5. The van der Waals surface area contributed by atoms with E-state index in [2.05, 4.69) is 15.3 Å². The van der Waals surface area contributed by atoms with Crippen molar-refractivity contribution < 1.29 is 13.2 Å². The van der Waals surface area contributed by atoms with Gasteiger partial charge in [0.1, 0.15) is 0 Å². The van der Waals surface area contributed by atoms with Crippen LogP contribution in [0.25, 0.3) is 11.4 Å². The maximum Gasteiger partial charge on any atom is 0.255 e. The van der Waals surface area contributed by atoms with E-state index in [0.29, 0.717) is 22.6 Å². The summed E-state index contributed by atoms with van der Waals surface area (Å²) in [4.78, 5) is 21.3. The number of hydrogen-bond acceptors (Lipinski definition) is 5. The minimum absolute atomic E-state index is 0.131. The molecule has 3 aromatic carbocycles. The summed E-state index contributed by atoms with van der Waals surface area (Å²) in [6.45, 7) is 0. The second-order valence-corrected chi connectivity index (χ2v) is 8.87. The van der Waals surface area contributed by atoms with Crippen molar-refractivity contribution in [2.75, 3.05) is 5.32 Å². The van der Waals surface area contributed by atoms with Crippen molar-refractivity contribution >= 4 is 21.4 Å². The second kappa shape index (κ2) is 8.89. The van der Waals surface area contributed by atoms with Gasteiger partial charge in [-0.25, -0.2) is 18.4 Å². The number of anilines is 1. The smallest absolute Gasteiger partial charge is 0.255 e. The van der Waals surface area contributed by atoms with Crippen LogP contribution in [-0.4, -0.2) is 24.3 Å². The van der Waals surface area contributed by atoms with Crippen molar-refractivity contribution in [3.63, 3.8) is 0 Å². The Bertz CT molecular complexity index is 1270. The van der Waals surface area contributed by atoms with Crippen molar-refractivity contribution in [1.29, 1.82) is 0 Å². The molecule has 6 nitrogen and oxygen atoms in total. The standard InChI is InChI=1S/C24H19N3O3S/c28-24(27-21-15-25-23(26-16-21)19-7-3-1-4-8-19)20-13-11-18(12-14-20)17-31(29,30)22-9-5-2-6-10-22/h1-16H,17H2,(H,27,28). The molecule has 0 aliphatic rings. The molecule has 1 heterocycles. The number of carbonyl (C=O) groups is 1. The minimum Gasteiger partial charge on any atom is -0.319 e. The average Bonchev–Trinajstić information content (AvgIpc) is 2.81. The van der Waals surface area contributed by atoms with Gasteiger partial charge in [-0.1, -0.05) is 60.7 Å². The van der Waals surface area contributed by atoms with Crippen molar-refractivity contribution in [2.24, 2.45) is 0 Å². The molecule has 0 saturated heterocycles. The molecule has 0 bridgehead atoms. The zero-order chi connectivity index (χ0) is 21.7. The number of hydrogen-bond donors (Lipinski definition) is 1. The summed E-state index contributed by atoms with van der Waals surface area (Å²) in [7, 11) is -3.44. The molecular weight excluding hydrogens is 410 g/mol. The molecule has 0 spiro atoms. The number of nitrogens with one attached hydrogen (secondary N) is 1. The van der Waals surface area contributed by atoms with Crippen molar-refractivity contribution in [2.45, 2.75) is 10.6 Å². The van der Waals surface area contributed by atoms with Crippen LogP contribution in [0.4, 0.5) is 5.69 Å². The fourth-order valence-electron chi connectivity index (χ4n) is 3.02. The number of sulfone groups is 1. The third-order valence-corrected chi connectivity index (χ3v) is 6.32. The maximum absolute atomic E-state index is 12.5. The molecule has 1 N–H and O–H groups in total. The van der Waals surface area contributed by atoms with Gasteiger partial charge in [-0.3, -0.25) is 4.79 Å². The van der Waals surface area contributed by atoms with Crippen LogP contribution in [0.5, 0.6) is 0 Å². The van der Waals surface area contributed by atoms with Gasteiger partial charge in [0.25, 0.3) is 5.91 Å². The number of nitrogens with zero attached hydrogens (tertiary/aromatic N) is 2. The quantitative estimate of drug-likeness (QED) is 0.492. The van der Waals surface area contributed by atoms with Gasteiger partial charge in [0, 0.05) is 11.1 Å². The third-order valence-electron chi connectivity index (χ3n) is 4.62. The Kier molecular flexibility index (Phi) is 5.86. The van der Waals surface area contributed by atoms with E-state index in [-0.39, 0.29) is 16.6 Å². The first-order valence-electron chi connectivity index (χ1n) is 9.57. The first-order chi connectivity index (χ1) is 15.0. The van der Waals surface area contributed by atoms with Gasteiger partial charge in [0.05, 0.1) is 28.7 Å². The lowest BCUT2D eigenvalue weighted by Crippen LogP contribution is -2.12. The van der Waals surface area contributed by atoms with E-state index in [1.165, 1.54) is 0 Å². The summed E-state index contributed by atoms with van der Waals surface area (Å²) >= 11 is 0. The van der Waals surface area contributed by atoms with Gasteiger partial charge in [-0.15, -0.1) is 0 Å². The predicted molar refractivity (Wildman–Crippen MR) is 119 cm³/mol. The Morgan fingerprint density at radius 1 is 0.774 bits per heavy atom. The zero-order valence-corrected chi connectivity index (χ0v) is 17.3. The van der Waals surface area contributed by atoms with Crippen LogP contribution in [0, 0.1) is 0 Å². The Labute approximate surface area is 180 Å². The number of carbonyl (C=O) groups excluding carboxylic acids is 1. The van der Waals surface area contributed by atoms with Gasteiger partial charge >= 0.3 is 0 Å². The summed E-state index contributed by atoms with van der Waals surface area (Å²) in [6, 6.07) is 24.3. The zero-order valence-electron chi connectivity index (χ0n) is 16.5. The highest BCUT2D eigenvalue weighted by atomic mass is 32.2. The molecule has 0 aliphatic heterocycles. The number of benzene rings is 3. The average molecular weight is 430 g/mol. The van der Waals surface area contributed by atoms with Crippen LogP contribution in [0.1, 0.15) is 15.9 Å². The van der Waals surface area contributed by atoms with Crippen molar-refractivity contribution in [3.8, 4) is 11.4 Å². The molecule has 0 unspecified atom stereocenters. The van der Waals surface area contributed by atoms with Gasteiger partial charge in [-0.2, -0.15) is 0 Å². The second-order valence-electron chi connectivity index (χ2n) is 6.88. The van der Waals surface area contributed by atoms with E-state index >= 15 is 0 Å².